The lowest BCUT2D eigenvalue weighted by molar-refractivity contribution is -0.117. The van der Waals surface area contributed by atoms with E-state index in [4.69, 9.17) is 0 Å². The van der Waals surface area contributed by atoms with Crippen molar-refractivity contribution >= 4 is 28.7 Å². The number of rotatable bonds is 4. The number of aliphatic hydroxyl groups excluding tert-OH is 1. The number of amides is 1. The molecule has 30 heavy (non-hydrogen) atoms. The number of carbonyl (C=O) groups excluding carboxylic acids is 2. The fourth-order valence-electron chi connectivity index (χ4n) is 3.90. The van der Waals surface area contributed by atoms with E-state index in [1.807, 2.05) is 69.3 Å². The topological polar surface area (TPSA) is 70.5 Å². The maximum absolute atomic E-state index is 13.5. The van der Waals surface area contributed by atoms with E-state index in [1.54, 1.807) is 6.92 Å². The molecule has 0 radical (unpaired) electrons. The van der Waals surface area contributed by atoms with Crippen molar-refractivity contribution in [1.29, 1.82) is 0 Å². The average Bonchev–Trinajstić information content (AvgIpc) is 3.20. The van der Waals surface area contributed by atoms with E-state index in [0.717, 1.165) is 21.7 Å². The van der Waals surface area contributed by atoms with Gasteiger partial charge < -0.3 is 5.11 Å². The molecule has 0 bridgehead atoms. The number of aryl methyl sites for hydroxylation is 3. The van der Waals surface area contributed by atoms with E-state index in [2.05, 4.69) is 4.98 Å². The lowest BCUT2D eigenvalue weighted by Gasteiger charge is -2.28. The Morgan fingerprint density at radius 1 is 1.03 bits per heavy atom. The van der Waals surface area contributed by atoms with Crippen LogP contribution in [-0.2, 0) is 4.79 Å². The maximum atomic E-state index is 13.5. The average molecular weight is 419 g/mol. The molecule has 5 nitrogen and oxygen atoms in total. The number of hydrogen-bond acceptors (Lipinski definition) is 5. The molecule has 0 saturated heterocycles. The molecule has 4 rings (SSSR count). The van der Waals surface area contributed by atoms with E-state index in [1.165, 1.54) is 16.2 Å². The first-order valence-electron chi connectivity index (χ1n) is 9.67. The number of thiazole rings is 1. The molecule has 0 aliphatic carbocycles. The number of nitrogens with zero attached hydrogens (tertiary/aromatic N) is 2. The normalized spacial score (nSPS) is 16.5. The summed E-state index contributed by atoms with van der Waals surface area (Å²) >= 11 is 1.28. The Morgan fingerprint density at radius 2 is 1.73 bits per heavy atom. The van der Waals surface area contributed by atoms with Crippen LogP contribution in [0.3, 0.4) is 0 Å². The molecule has 1 N–H and O–H groups in total. The van der Waals surface area contributed by atoms with Crippen LogP contribution in [0.1, 0.15) is 43.1 Å². The summed E-state index contributed by atoms with van der Waals surface area (Å²) in [5, 5.41) is 11.6. The minimum atomic E-state index is -0.714. The molecular weight excluding hydrogens is 396 g/mol. The fraction of sp³-hybridized carbons (Fsp3) is 0.208. The first-order valence-corrected chi connectivity index (χ1v) is 10.5. The molecule has 1 aliphatic heterocycles. The highest BCUT2D eigenvalue weighted by Gasteiger charge is 2.45. The van der Waals surface area contributed by atoms with Crippen molar-refractivity contribution in [1.82, 2.24) is 4.98 Å². The minimum Gasteiger partial charge on any atom is -0.503 e. The molecule has 152 valence electrons. The van der Waals surface area contributed by atoms with Crippen molar-refractivity contribution < 1.29 is 14.7 Å². The van der Waals surface area contributed by atoms with Gasteiger partial charge in [0, 0.05) is 5.69 Å². The van der Waals surface area contributed by atoms with Crippen LogP contribution in [-0.4, -0.2) is 21.8 Å². The number of Topliss-reactive ketones (excluding diaryl/α,β-unsaturated/α-hetero) is 1. The van der Waals surface area contributed by atoms with Crippen LogP contribution in [0.25, 0.3) is 0 Å². The van der Waals surface area contributed by atoms with Crippen LogP contribution in [0, 0.1) is 27.7 Å². The van der Waals surface area contributed by atoms with Gasteiger partial charge in [-0.25, -0.2) is 4.98 Å². The molecule has 1 aromatic heterocycles. The molecule has 0 saturated carbocycles. The van der Waals surface area contributed by atoms with Crippen LogP contribution in [0.15, 0.2) is 59.9 Å². The van der Waals surface area contributed by atoms with Crippen LogP contribution < -0.4 is 4.90 Å². The number of ketones is 1. The Labute approximate surface area is 179 Å². The second kappa shape index (κ2) is 7.54. The van der Waals surface area contributed by atoms with Crippen LogP contribution >= 0.6 is 11.3 Å². The third kappa shape index (κ3) is 3.13. The van der Waals surface area contributed by atoms with Crippen molar-refractivity contribution in [3.05, 3.63) is 92.1 Å². The Balaban J connectivity index is 1.92. The van der Waals surface area contributed by atoms with Crippen molar-refractivity contribution in [3.8, 4) is 0 Å². The van der Waals surface area contributed by atoms with E-state index in [0.29, 0.717) is 16.3 Å². The summed E-state index contributed by atoms with van der Waals surface area (Å²) in [6.45, 7) is 7.51. The van der Waals surface area contributed by atoms with Crippen LogP contribution in [0.2, 0.25) is 0 Å². The van der Waals surface area contributed by atoms with Crippen molar-refractivity contribution in [2.45, 2.75) is 33.7 Å². The monoisotopic (exact) mass is 418 g/mol. The van der Waals surface area contributed by atoms with Crippen molar-refractivity contribution in [3.63, 3.8) is 0 Å². The number of benzene rings is 2. The van der Waals surface area contributed by atoms with Gasteiger partial charge >= 0.3 is 0 Å². The number of carbonyl (C=O) groups is 2. The van der Waals surface area contributed by atoms with E-state index < -0.39 is 17.7 Å². The van der Waals surface area contributed by atoms with Gasteiger partial charge in [-0.05, 0) is 50.5 Å². The van der Waals surface area contributed by atoms with Crippen LogP contribution in [0.4, 0.5) is 5.69 Å². The molecule has 6 heteroatoms. The lowest BCUT2D eigenvalue weighted by Crippen LogP contribution is -2.31. The summed E-state index contributed by atoms with van der Waals surface area (Å²) < 4.78 is 0. The third-order valence-electron chi connectivity index (χ3n) is 5.51. The molecule has 1 atom stereocenters. The van der Waals surface area contributed by atoms with Crippen LogP contribution in [0.5, 0.6) is 0 Å². The second-order valence-corrected chi connectivity index (χ2v) is 8.65. The molecule has 0 fully saturated rings. The lowest BCUT2D eigenvalue weighted by atomic mass is 9.94. The maximum Gasteiger partial charge on any atom is 0.294 e. The molecule has 1 aliphatic rings. The summed E-state index contributed by atoms with van der Waals surface area (Å²) in [5.74, 6) is -1.43. The van der Waals surface area contributed by atoms with Gasteiger partial charge in [0.15, 0.2) is 5.76 Å². The van der Waals surface area contributed by atoms with E-state index in [-0.39, 0.29) is 11.4 Å². The smallest absolute Gasteiger partial charge is 0.294 e. The standard InChI is InChI=1S/C24H22N2O3S/c1-13-9-8-12-18(14(13)2)26-20(17-10-6-5-7-11-17)19(22(28)24(26)29)21(27)23-15(3)25-16(4)30-23/h5-12,20,28H,1-4H3. The summed E-state index contributed by atoms with van der Waals surface area (Å²) in [4.78, 5) is 33.1. The van der Waals surface area contributed by atoms with E-state index in [9.17, 15) is 14.7 Å². The predicted octanol–water partition coefficient (Wildman–Crippen LogP) is 5.16. The molecule has 0 spiro atoms. The molecular formula is C24H22N2O3S. The Hall–Kier alpha value is -3.25. The fourth-order valence-corrected chi connectivity index (χ4v) is 4.77. The quantitative estimate of drug-likeness (QED) is 0.594. The predicted molar refractivity (Wildman–Crippen MR) is 118 cm³/mol. The van der Waals surface area contributed by atoms with Gasteiger partial charge in [-0.1, -0.05) is 42.5 Å². The Bertz CT molecular complexity index is 1190. The van der Waals surface area contributed by atoms with Gasteiger partial charge in [-0.2, -0.15) is 0 Å². The number of hydrogen-bond donors (Lipinski definition) is 1. The highest BCUT2D eigenvalue weighted by Crippen LogP contribution is 2.43. The van der Waals surface area contributed by atoms with Crippen molar-refractivity contribution in [2.75, 3.05) is 4.90 Å². The summed E-state index contributed by atoms with van der Waals surface area (Å²) in [7, 11) is 0. The summed E-state index contributed by atoms with van der Waals surface area (Å²) in [6, 6.07) is 14.3. The minimum absolute atomic E-state index is 0.0962. The number of aliphatic hydroxyl groups is 1. The number of aromatic nitrogens is 1. The largest absolute Gasteiger partial charge is 0.503 e. The van der Waals surface area contributed by atoms with E-state index >= 15 is 0 Å². The molecule has 3 aromatic rings. The Kier molecular flexibility index (Phi) is 5.03. The van der Waals surface area contributed by atoms with Gasteiger partial charge in [0.25, 0.3) is 5.91 Å². The molecule has 1 unspecified atom stereocenters. The molecule has 1 amide bonds. The second-order valence-electron chi connectivity index (χ2n) is 7.45. The Morgan fingerprint density at radius 3 is 2.37 bits per heavy atom. The van der Waals surface area contributed by atoms with Gasteiger partial charge in [0.05, 0.1) is 27.2 Å². The third-order valence-corrected chi connectivity index (χ3v) is 6.59. The first-order chi connectivity index (χ1) is 14.3. The zero-order chi connectivity index (χ0) is 21.6. The highest BCUT2D eigenvalue weighted by atomic mass is 32.1. The molecule has 2 heterocycles. The summed E-state index contributed by atoms with van der Waals surface area (Å²) in [5.41, 5.74) is 4.10. The van der Waals surface area contributed by atoms with Gasteiger partial charge in [-0.15, -0.1) is 11.3 Å². The first kappa shape index (κ1) is 20.0. The van der Waals surface area contributed by atoms with Gasteiger partial charge in [0.1, 0.15) is 0 Å². The van der Waals surface area contributed by atoms with Crippen molar-refractivity contribution in [2.24, 2.45) is 0 Å². The SMILES string of the molecule is Cc1nc(C)c(C(=O)C2=C(O)C(=O)N(c3cccc(C)c3C)C2c2ccccc2)s1. The zero-order valence-electron chi connectivity index (χ0n) is 17.3. The van der Waals surface area contributed by atoms with Gasteiger partial charge in [-0.3, -0.25) is 14.5 Å². The highest BCUT2D eigenvalue weighted by molar-refractivity contribution is 7.14. The summed E-state index contributed by atoms with van der Waals surface area (Å²) in [6.07, 6.45) is 0. The molecule has 2 aromatic carbocycles. The zero-order valence-corrected chi connectivity index (χ0v) is 18.1. The number of anilines is 1. The van der Waals surface area contributed by atoms with Gasteiger partial charge in [0.2, 0.25) is 5.78 Å².